The molecule has 0 aliphatic carbocycles. The van der Waals surface area contributed by atoms with E-state index >= 15 is 0 Å². The molecule has 156 valence electrons. The standard InChI is InChI=1S/C21H25N3O3S.ClH/c1-23(18-7-3-2-4-8-18)28(26,27)20-10-6-5-9-19(20)21(25)24-14-13-16-11-12-17(15-24)22-16;/h2-10,16-17,22H,11-15H2,1H3;1H. The van der Waals surface area contributed by atoms with Crippen molar-refractivity contribution in [3.05, 3.63) is 60.2 Å². The van der Waals surface area contributed by atoms with Crippen molar-refractivity contribution in [1.82, 2.24) is 10.2 Å². The van der Waals surface area contributed by atoms with Crippen LogP contribution in [-0.2, 0) is 10.0 Å². The van der Waals surface area contributed by atoms with Gasteiger partial charge in [0.25, 0.3) is 15.9 Å². The molecule has 1 amide bonds. The van der Waals surface area contributed by atoms with E-state index in [0.29, 0.717) is 30.9 Å². The summed E-state index contributed by atoms with van der Waals surface area (Å²) in [5.41, 5.74) is 0.795. The maximum atomic E-state index is 13.3. The first-order valence-electron chi connectivity index (χ1n) is 9.65. The van der Waals surface area contributed by atoms with Crippen LogP contribution in [0.1, 0.15) is 29.6 Å². The van der Waals surface area contributed by atoms with E-state index in [4.69, 9.17) is 0 Å². The number of para-hydroxylation sites is 1. The number of amides is 1. The third-order valence-electron chi connectivity index (χ3n) is 5.69. The molecule has 2 aliphatic heterocycles. The van der Waals surface area contributed by atoms with Gasteiger partial charge < -0.3 is 10.2 Å². The first-order chi connectivity index (χ1) is 13.5. The second-order valence-corrected chi connectivity index (χ2v) is 9.42. The number of likely N-dealkylation sites (tertiary alicyclic amines) is 1. The summed E-state index contributed by atoms with van der Waals surface area (Å²) in [6.45, 7) is 1.27. The zero-order valence-corrected chi connectivity index (χ0v) is 18.0. The maximum Gasteiger partial charge on any atom is 0.264 e. The highest BCUT2D eigenvalue weighted by Crippen LogP contribution is 2.27. The summed E-state index contributed by atoms with van der Waals surface area (Å²) in [6, 6.07) is 16.2. The van der Waals surface area contributed by atoms with Gasteiger partial charge in [0.1, 0.15) is 4.90 Å². The number of sulfonamides is 1. The second-order valence-electron chi connectivity index (χ2n) is 7.48. The summed E-state index contributed by atoms with van der Waals surface area (Å²) >= 11 is 0. The Morgan fingerprint density at radius 2 is 1.66 bits per heavy atom. The molecule has 2 atom stereocenters. The normalized spacial score (nSPS) is 21.2. The van der Waals surface area contributed by atoms with E-state index < -0.39 is 10.0 Å². The lowest BCUT2D eigenvalue weighted by molar-refractivity contribution is 0.0744. The summed E-state index contributed by atoms with van der Waals surface area (Å²) < 4.78 is 27.8. The highest BCUT2D eigenvalue weighted by atomic mass is 35.5. The second kappa shape index (κ2) is 8.73. The van der Waals surface area contributed by atoms with Gasteiger partial charge in [-0.15, -0.1) is 12.4 Å². The molecule has 2 aliphatic rings. The number of nitrogens with zero attached hydrogens (tertiary/aromatic N) is 2. The molecule has 0 spiro atoms. The topological polar surface area (TPSA) is 69.7 Å². The molecular weight excluding hydrogens is 410 g/mol. The van der Waals surface area contributed by atoms with Gasteiger partial charge in [-0.3, -0.25) is 9.10 Å². The Morgan fingerprint density at radius 1 is 1.00 bits per heavy atom. The van der Waals surface area contributed by atoms with Crippen LogP contribution in [0.4, 0.5) is 5.69 Å². The van der Waals surface area contributed by atoms with Gasteiger partial charge in [-0.2, -0.15) is 0 Å². The molecule has 2 saturated heterocycles. The zero-order chi connectivity index (χ0) is 19.7. The molecule has 1 N–H and O–H groups in total. The first kappa shape index (κ1) is 21.6. The molecule has 29 heavy (non-hydrogen) atoms. The molecule has 0 radical (unpaired) electrons. The van der Waals surface area contributed by atoms with Crippen molar-refractivity contribution in [2.45, 2.75) is 36.2 Å². The molecule has 4 rings (SSSR count). The third kappa shape index (κ3) is 4.27. The number of fused-ring (bicyclic) bond motifs is 2. The predicted molar refractivity (Wildman–Crippen MR) is 116 cm³/mol. The Labute approximate surface area is 178 Å². The van der Waals surface area contributed by atoms with Crippen molar-refractivity contribution in [2.75, 3.05) is 24.4 Å². The summed E-state index contributed by atoms with van der Waals surface area (Å²) in [4.78, 5) is 15.1. The van der Waals surface area contributed by atoms with Gasteiger partial charge in [-0.1, -0.05) is 30.3 Å². The van der Waals surface area contributed by atoms with E-state index in [0.717, 1.165) is 19.3 Å². The van der Waals surface area contributed by atoms with E-state index in [-0.39, 0.29) is 28.8 Å². The summed E-state index contributed by atoms with van der Waals surface area (Å²) in [5, 5.41) is 3.55. The third-order valence-corrected chi connectivity index (χ3v) is 7.53. The predicted octanol–water partition coefficient (Wildman–Crippen LogP) is 2.90. The number of nitrogens with one attached hydrogen (secondary N) is 1. The van der Waals surface area contributed by atoms with Gasteiger partial charge in [0.05, 0.1) is 11.3 Å². The van der Waals surface area contributed by atoms with Crippen molar-refractivity contribution in [2.24, 2.45) is 0 Å². The van der Waals surface area contributed by atoms with Gasteiger partial charge in [-0.25, -0.2) is 8.42 Å². The van der Waals surface area contributed by atoms with E-state index in [9.17, 15) is 13.2 Å². The molecule has 0 aromatic heterocycles. The Bertz CT molecular complexity index is 968. The molecule has 2 bridgehead atoms. The lowest BCUT2D eigenvalue weighted by Crippen LogP contribution is -2.40. The average molecular weight is 436 g/mol. The summed E-state index contributed by atoms with van der Waals surface area (Å²) in [5.74, 6) is -0.213. The lowest BCUT2D eigenvalue weighted by Gasteiger charge is -2.26. The Morgan fingerprint density at radius 3 is 2.41 bits per heavy atom. The van der Waals surface area contributed by atoms with E-state index in [1.165, 1.54) is 17.4 Å². The number of anilines is 1. The fourth-order valence-electron chi connectivity index (χ4n) is 4.09. The highest BCUT2D eigenvalue weighted by Gasteiger charge is 2.34. The van der Waals surface area contributed by atoms with Crippen molar-refractivity contribution >= 4 is 34.0 Å². The number of hydrogen-bond donors (Lipinski definition) is 1. The average Bonchev–Trinajstić information content (AvgIpc) is 3.06. The van der Waals surface area contributed by atoms with E-state index in [1.54, 1.807) is 47.4 Å². The maximum absolute atomic E-state index is 13.3. The largest absolute Gasteiger partial charge is 0.337 e. The Hall–Kier alpha value is -2.09. The number of rotatable bonds is 4. The fourth-order valence-corrected chi connectivity index (χ4v) is 5.47. The molecule has 8 heteroatoms. The molecule has 6 nitrogen and oxygen atoms in total. The molecule has 0 saturated carbocycles. The quantitative estimate of drug-likeness (QED) is 0.801. The minimum absolute atomic E-state index is 0. The molecule has 2 heterocycles. The monoisotopic (exact) mass is 435 g/mol. The van der Waals surface area contributed by atoms with Crippen LogP contribution < -0.4 is 9.62 Å². The highest BCUT2D eigenvalue weighted by molar-refractivity contribution is 7.92. The van der Waals surface area contributed by atoms with E-state index in [1.807, 2.05) is 6.07 Å². The molecule has 2 aromatic rings. The first-order valence-corrected chi connectivity index (χ1v) is 11.1. The number of halogens is 1. The molecule has 2 unspecified atom stereocenters. The van der Waals surface area contributed by atoms with Crippen molar-refractivity contribution in [3.8, 4) is 0 Å². The van der Waals surface area contributed by atoms with Crippen LogP contribution in [0.5, 0.6) is 0 Å². The van der Waals surface area contributed by atoms with Gasteiger partial charge in [0, 0.05) is 32.2 Å². The molecule has 2 fully saturated rings. The van der Waals surface area contributed by atoms with Gasteiger partial charge in [-0.05, 0) is 43.5 Å². The van der Waals surface area contributed by atoms with Crippen LogP contribution in [0.25, 0.3) is 0 Å². The van der Waals surface area contributed by atoms with Gasteiger partial charge in [0.2, 0.25) is 0 Å². The van der Waals surface area contributed by atoms with Crippen LogP contribution in [0.15, 0.2) is 59.5 Å². The Balaban J connectivity index is 0.00000240. The van der Waals surface area contributed by atoms with Gasteiger partial charge in [0.15, 0.2) is 0 Å². The number of hydrogen-bond acceptors (Lipinski definition) is 4. The van der Waals surface area contributed by atoms with E-state index in [2.05, 4.69) is 5.32 Å². The SMILES string of the molecule is CN(c1ccccc1)S(=O)(=O)c1ccccc1C(=O)N1CCC2CCC(C1)N2.Cl. The van der Waals surface area contributed by atoms with Crippen LogP contribution in [0.2, 0.25) is 0 Å². The van der Waals surface area contributed by atoms with Crippen LogP contribution in [-0.4, -0.2) is 51.4 Å². The van der Waals surface area contributed by atoms with Crippen LogP contribution >= 0.6 is 12.4 Å². The summed E-state index contributed by atoms with van der Waals surface area (Å²) in [6.07, 6.45) is 3.12. The Kier molecular flexibility index (Phi) is 6.51. The number of benzene rings is 2. The lowest BCUT2D eigenvalue weighted by atomic mass is 10.1. The van der Waals surface area contributed by atoms with Crippen LogP contribution in [0.3, 0.4) is 0 Å². The smallest absolute Gasteiger partial charge is 0.264 e. The van der Waals surface area contributed by atoms with Gasteiger partial charge >= 0.3 is 0 Å². The molecule has 2 aromatic carbocycles. The number of carbonyl (C=O) groups excluding carboxylic acids is 1. The number of carbonyl (C=O) groups is 1. The van der Waals surface area contributed by atoms with Crippen LogP contribution in [0, 0.1) is 0 Å². The van der Waals surface area contributed by atoms with Crippen molar-refractivity contribution in [3.63, 3.8) is 0 Å². The summed E-state index contributed by atoms with van der Waals surface area (Å²) in [7, 11) is -2.34. The van der Waals surface area contributed by atoms with Crippen molar-refractivity contribution < 1.29 is 13.2 Å². The minimum Gasteiger partial charge on any atom is -0.337 e. The van der Waals surface area contributed by atoms with Crippen molar-refractivity contribution in [1.29, 1.82) is 0 Å². The minimum atomic E-state index is -3.86. The molecular formula is C21H26ClN3O3S. The fraction of sp³-hybridized carbons (Fsp3) is 0.381. The zero-order valence-electron chi connectivity index (χ0n) is 16.3.